The summed E-state index contributed by atoms with van der Waals surface area (Å²) < 4.78 is 56.8. The number of nitrogens with one attached hydrogen (secondary N) is 1. The Balaban J connectivity index is 1.34. The third-order valence-electron chi connectivity index (χ3n) is 7.45. The first-order valence-electron chi connectivity index (χ1n) is 12.0. The average Bonchev–Trinajstić information content (AvgIpc) is 3.52. The molecule has 0 saturated heterocycles. The van der Waals surface area contributed by atoms with Gasteiger partial charge in [-0.1, -0.05) is 53.7 Å². The van der Waals surface area contributed by atoms with Gasteiger partial charge in [0.15, 0.2) is 5.82 Å². The van der Waals surface area contributed by atoms with E-state index in [4.69, 9.17) is 28.0 Å². The van der Waals surface area contributed by atoms with Gasteiger partial charge < -0.3 is 15.1 Å². The summed E-state index contributed by atoms with van der Waals surface area (Å²) in [6.07, 6.45) is -1.62. The Hall–Kier alpha value is -3.03. The molecule has 1 aliphatic carbocycles. The summed E-state index contributed by atoms with van der Waals surface area (Å²) in [4.78, 5) is 19.6. The Morgan fingerprint density at radius 2 is 1.74 bits per heavy atom. The molecule has 0 aromatic heterocycles. The molecule has 0 bridgehead atoms. The van der Waals surface area contributed by atoms with Crippen LogP contribution in [0.15, 0.2) is 35.5 Å². The lowest BCUT2D eigenvalue weighted by molar-refractivity contribution is -0.275. The Labute approximate surface area is 226 Å². The molecule has 1 fully saturated rings. The van der Waals surface area contributed by atoms with Gasteiger partial charge in [0.1, 0.15) is 11.4 Å². The molecular formula is C26H22Cl2F4N4O2. The number of amidine groups is 1. The van der Waals surface area contributed by atoms with E-state index in [1.165, 1.54) is 0 Å². The summed E-state index contributed by atoms with van der Waals surface area (Å²) in [6, 6.07) is 9.02. The van der Waals surface area contributed by atoms with E-state index in [-0.39, 0.29) is 24.8 Å². The first kappa shape index (κ1) is 26.6. The summed E-state index contributed by atoms with van der Waals surface area (Å²) >= 11 is 11.5. The molecule has 2 aliphatic heterocycles. The molecule has 1 unspecified atom stereocenters. The smallest absolute Gasteiger partial charge is 0.372 e. The van der Waals surface area contributed by atoms with Crippen molar-refractivity contribution in [3.63, 3.8) is 0 Å². The van der Waals surface area contributed by atoms with Crippen molar-refractivity contribution < 1.29 is 27.2 Å². The quantitative estimate of drug-likeness (QED) is 0.334. The zero-order valence-corrected chi connectivity index (χ0v) is 21.5. The molecule has 5 rings (SSSR count). The molecule has 1 N–H and O–H groups in total. The van der Waals surface area contributed by atoms with Gasteiger partial charge in [-0.3, -0.25) is 4.79 Å². The Bertz CT molecular complexity index is 1340. The monoisotopic (exact) mass is 568 g/mol. The molecule has 6 nitrogen and oxygen atoms in total. The largest absolute Gasteiger partial charge is 0.435 e. The minimum Gasteiger partial charge on any atom is -0.372 e. The van der Waals surface area contributed by atoms with E-state index in [2.05, 4.69) is 16.5 Å². The maximum atomic E-state index is 14.3. The predicted octanol–water partition coefficient (Wildman–Crippen LogP) is 6.60. The number of carbonyl (C=O) groups is 1. The maximum Gasteiger partial charge on any atom is 0.435 e. The number of rotatable bonds is 3. The fourth-order valence-electron chi connectivity index (χ4n) is 5.27. The van der Waals surface area contributed by atoms with Gasteiger partial charge in [-0.05, 0) is 48.2 Å². The lowest BCUT2D eigenvalue weighted by atomic mass is 9.82. The second-order valence-electron chi connectivity index (χ2n) is 9.90. The second-order valence-corrected chi connectivity index (χ2v) is 10.7. The summed E-state index contributed by atoms with van der Waals surface area (Å²) in [5, 5.41) is 15.2. The van der Waals surface area contributed by atoms with E-state index < -0.39 is 45.2 Å². The van der Waals surface area contributed by atoms with E-state index >= 15 is 0 Å². The van der Waals surface area contributed by atoms with Crippen molar-refractivity contribution in [2.24, 2.45) is 5.16 Å². The van der Waals surface area contributed by atoms with Crippen LogP contribution in [0.3, 0.4) is 0 Å². The van der Waals surface area contributed by atoms with Crippen LogP contribution in [0.1, 0.15) is 65.6 Å². The molecule has 12 heteroatoms. The third kappa shape index (κ3) is 4.56. The average molecular weight is 569 g/mol. The summed E-state index contributed by atoms with van der Waals surface area (Å²) in [7, 11) is 0. The van der Waals surface area contributed by atoms with Crippen LogP contribution in [-0.4, -0.2) is 28.4 Å². The van der Waals surface area contributed by atoms with Gasteiger partial charge >= 0.3 is 6.18 Å². The summed E-state index contributed by atoms with van der Waals surface area (Å²) in [5.41, 5.74) is -2.26. The van der Waals surface area contributed by atoms with Crippen LogP contribution in [0.5, 0.6) is 0 Å². The van der Waals surface area contributed by atoms with Gasteiger partial charge in [0.2, 0.25) is 0 Å². The van der Waals surface area contributed by atoms with E-state index in [0.29, 0.717) is 18.4 Å². The maximum absolute atomic E-state index is 14.3. The number of nitriles is 1. The standard InChI is InChI=1S/C26H22Cl2F4N4O2/c27-19-9-18(10-20(28)22(19)29)25(26(30,31)32)11-21(35-38-25)36-12-16-5-4-15(8-17(16)13-36)23(37)34-24(14-33)6-2-1-3-7-24/h4-5,8-10H,1-3,6-7,11-13H2,(H,34,37). The van der Waals surface area contributed by atoms with Crippen LogP contribution < -0.4 is 5.32 Å². The number of nitrogens with zero attached hydrogens (tertiary/aromatic N) is 3. The third-order valence-corrected chi connectivity index (χ3v) is 8.00. The number of halogens is 6. The van der Waals surface area contributed by atoms with Crippen molar-refractivity contribution >= 4 is 34.9 Å². The molecule has 38 heavy (non-hydrogen) atoms. The van der Waals surface area contributed by atoms with Crippen LogP contribution in [0, 0.1) is 17.1 Å². The highest BCUT2D eigenvalue weighted by molar-refractivity contribution is 6.35. The van der Waals surface area contributed by atoms with Gasteiger partial charge in [0.05, 0.1) is 22.5 Å². The Morgan fingerprint density at radius 1 is 1.08 bits per heavy atom. The molecular weight excluding hydrogens is 547 g/mol. The highest BCUT2D eigenvalue weighted by Gasteiger charge is 2.63. The van der Waals surface area contributed by atoms with E-state index in [0.717, 1.165) is 42.5 Å². The molecule has 200 valence electrons. The number of hydrogen-bond donors (Lipinski definition) is 1. The van der Waals surface area contributed by atoms with Crippen molar-refractivity contribution in [3.8, 4) is 6.07 Å². The minimum absolute atomic E-state index is 0.0479. The van der Waals surface area contributed by atoms with E-state index in [1.807, 2.05) is 0 Å². The lowest BCUT2D eigenvalue weighted by Crippen LogP contribution is -2.48. The van der Waals surface area contributed by atoms with E-state index in [1.54, 1.807) is 23.1 Å². The van der Waals surface area contributed by atoms with Crippen LogP contribution >= 0.6 is 23.2 Å². The van der Waals surface area contributed by atoms with Gasteiger partial charge in [-0.2, -0.15) is 18.4 Å². The fourth-order valence-corrected chi connectivity index (χ4v) is 5.76. The van der Waals surface area contributed by atoms with Crippen molar-refractivity contribution in [3.05, 3.63) is 68.4 Å². The normalized spacial score (nSPS) is 22.3. The van der Waals surface area contributed by atoms with Gasteiger partial charge in [-0.15, -0.1) is 0 Å². The molecule has 1 saturated carbocycles. The number of alkyl halides is 3. The zero-order chi connectivity index (χ0) is 27.3. The van der Waals surface area contributed by atoms with Gasteiger partial charge in [0.25, 0.3) is 11.5 Å². The molecule has 0 spiro atoms. The molecule has 2 aromatic rings. The number of carbonyl (C=O) groups excluding carboxylic acids is 1. The second kappa shape index (κ2) is 9.62. The van der Waals surface area contributed by atoms with Crippen LogP contribution in [0.2, 0.25) is 10.0 Å². The molecule has 3 aliphatic rings. The van der Waals surface area contributed by atoms with Crippen LogP contribution in [0.25, 0.3) is 0 Å². The number of amides is 1. The molecule has 2 aromatic carbocycles. The Kier molecular flexibility index (Phi) is 6.72. The van der Waals surface area contributed by atoms with Gasteiger partial charge in [-0.25, -0.2) is 4.39 Å². The van der Waals surface area contributed by atoms with Crippen molar-refractivity contribution in [1.29, 1.82) is 5.26 Å². The minimum atomic E-state index is -4.91. The first-order valence-corrected chi connectivity index (χ1v) is 12.8. The molecule has 1 amide bonds. The molecule has 2 heterocycles. The number of oxime groups is 1. The fraction of sp³-hybridized carbons (Fsp3) is 0.423. The van der Waals surface area contributed by atoms with Crippen LogP contribution in [0.4, 0.5) is 17.6 Å². The lowest BCUT2D eigenvalue weighted by Gasteiger charge is -2.31. The highest BCUT2D eigenvalue weighted by Crippen LogP contribution is 2.50. The summed E-state index contributed by atoms with van der Waals surface area (Å²) in [5.74, 6) is -1.34. The first-order chi connectivity index (χ1) is 18.0. The highest BCUT2D eigenvalue weighted by atomic mass is 35.5. The van der Waals surface area contributed by atoms with Gasteiger partial charge in [0, 0.05) is 24.2 Å². The predicted molar refractivity (Wildman–Crippen MR) is 132 cm³/mol. The van der Waals surface area contributed by atoms with Crippen LogP contribution in [-0.2, 0) is 23.5 Å². The summed E-state index contributed by atoms with van der Waals surface area (Å²) in [6.45, 7) is 0.474. The molecule has 1 atom stereocenters. The van der Waals surface area contributed by atoms with Crippen molar-refractivity contribution in [2.75, 3.05) is 0 Å². The van der Waals surface area contributed by atoms with E-state index in [9.17, 15) is 27.6 Å². The topological polar surface area (TPSA) is 77.7 Å². The Morgan fingerprint density at radius 3 is 2.37 bits per heavy atom. The van der Waals surface area contributed by atoms with Crippen molar-refractivity contribution in [2.45, 2.75) is 68.9 Å². The zero-order valence-electron chi connectivity index (χ0n) is 20.0. The number of benzene rings is 2. The van der Waals surface area contributed by atoms with Crippen molar-refractivity contribution in [1.82, 2.24) is 10.2 Å². The SMILES string of the molecule is N#CC1(NC(=O)c2ccc3c(c2)CN(C2=NOC(c4cc(Cl)c(F)c(Cl)c4)(C(F)(F)F)C2)C3)CCCCC1. The number of fused-ring (bicyclic) bond motifs is 1. The molecule has 0 radical (unpaired) electrons. The number of hydrogen-bond acceptors (Lipinski definition) is 5.